The third-order valence-corrected chi connectivity index (χ3v) is 3.43. The smallest absolute Gasteiger partial charge is 0.224 e. The summed E-state index contributed by atoms with van der Waals surface area (Å²) in [5.41, 5.74) is 1.37. The number of amides is 1. The summed E-state index contributed by atoms with van der Waals surface area (Å²) in [6.45, 7) is -0.474. The number of anilines is 1. The lowest BCUT2D eigenvalue weighted by atomic mass is 10.2. The summed E-state index contributed by atoms with van der Waals surface area (Å²) in [5.74, 6) is 1.84. The Balaban J connectivity index is 2.42. The largest absolute Gasteiger partial charge is 0.390 e. The van der Waals surface area contributed by atoms with Crippen LogP contribution in [-0.2, 0) is 22.0 Å². The molecule has 0 unspecified atom stereocenters. The van der Waals surface area contributed by atoms with E-state index >= 15 is 0 Å². The van der Waals surface area contributed by atoms with Gasteiger partial charge in [-0.05, 0) is 50.1 Å². The summed E-state index contributed by atoms with van der Waals surface area (Å²) < 4.78 is 4.58. The minimum atomic E-state index is -0.237. The predicted octanol–water partition coefficient (Wildman–Crippen LogP) is 2.09. The molecule has 1 amide bonds. The van der Waals surface area contributed by atoms with E-state index in [0.29, 0.717) is 23.5 Å². The van der Waals surface area contributed by atoms with Gasteiger partial charge in [-0.2, -0.15) is 0 Å². The van der Waals surface area contributed by atoms with Crippen LogP contribution in [-0.4, -0.2) is 26.9 Å². The fourth-order valence-corrected chi connectivity index (χ4v) is 2.27. The lowest BCUT2D eigenvalue weighted by molar-refractivity contribution is -0.116. The normalized spacial score (nSPS) is 11.0. The van der Waals surface area contributed by atoms with Crippen molar-refractivity contribution < 1.29 is 19.0 Å². The van der Waals surface area contributed by atoms with E-state index in [9.17, 15) is 4.79 Å². The Kier molecular flexibility index (Phi) is 9.21. The van der Waals surface area contributed by atoms with E-state index in [1.54, 1.807) is 12.1 Å². The van der Waals surface area contributed by atoms with Crippen LogP contribution >= 0.6 is 21.3 Å². The van der Waals surface area contributed by atoms with Gasteiger partial charge in [0.15, 0.2) is 0 Å². The van der Waals surface area contributed by atoms with Crippen LogP contribution in [0.25, 0.3) is 0 Å². The fourth-order valence-electron chi connectivity index (χ4n) is 1.71. The first-order valence-electron chi connectivity index (χ1n) is 6.53. The van der Waals surface area contributed by atoms with Crippen molar-refractivity contribution in [3.63, 3.8) is 0 Å². The molecule has 116 valence electrons. The van der Waals surface area contributed by atoms with E-state index in [1.807, 2.05) is 5.80 Å². The molecule has 3 N–H and O–H groups in total. The Bertz CT molecular complexity index is 463. The van der Waals surface area contributed by atoms with Gasteiger partial charge in [0.1, 0.15) is 0 Å². The molecular formula is C13H19N2O4PS. The maximum absolute atomic E-state index is 11.8. The highest BCUT2D eigenvalue weighted by atomic mass is 32.1. The zero-order valence-corrected chi connectivity index (χ0v) is 13.3. The molecule has 0 spiro atoms. The second kappa shape index (κ2) is 10.7. The van der Waals surface area contributed by atoms with Crippen LogP contribution in [0, 0.1) is 0 Å². The SMILES string of the molecule is O=C(CCCCC=POS)Nc1cc(CO)nc(CO)c1. The average Bonchev–Trinajstić information content (AvgIpc) is 2.50. The van der Waals surface area contributed by atoms with E-state index < -0.39 is 0 Å². The highest BCUT2D eigenvalue weighted by Crippen LogP contribution is 2.13. The molecule has 8 heteroatoms. The number of carbonyl (C=O) groups excluding carboxylic acids is 1. The maximum Gasteiger partial charge on any atom is 0.224 e. The predicted molar refractivity (Wildman–Crippen MR) is 86.2 cm³/mol. The van der Waals surface area contributed by atoms with Gasteiger partial charge < -0.3 is 15.5 Å². The Labute approximate surface area is 131 Å². The molecule has 1 aromatic heterocycles. The van der Waals surface area contributed by atoms with Crippen molar-refractivity contribution in [3.05, 3.63) is 23.5 Å². The molecule has 0 atom stereocenters. The monoisotopic (exact) mass is 330 g/mol. The molecule has 0 fully saturated rings. The molecule has 21 heavy (non-hydrogen) atoms. The summed E-state index contributed by atoms with van der Waals surface area (Å²) >= 11 is 3.62. The number of hydrogen-bond acceptors (Lipinski definition) is 6. The number of hydrogen-bond donors (Lipinski definition) is 4. The summed E-state index contributed by atoms with van der Waals surface area (Å²) in [4.78, 5) is 15.8. The van der Waals surface area contributed by atoms with Crippen LogP contribution in [0.4, 0.5) is 5.69 Å². The number of rotatable bonds is 9. The zero-order valence-electron chi connectivity index (χ0n) is 11.5. The third kappa shape index (κ3) is 7.55. The minimum Gasteiger partial charge on any atom is -0.390 e. The molecule has 0 aromatic carbocycles. The number of thiol groups is 1. The lowest BCUT2D eigenvalue weighted by Crippen LogP contribution is -2.12. The number of pyridine rings is 1. The van der Waals surface area contributed by atoms with E-state index in [1.165, 1.54) is 0 Å². The molecular weight excluding hydrogens is 311 g/mol. The summed E-state index contributed by atoms with van der Waals surface area (Å²) in [6.07, 6.45) is 2.96. The third-order valence-electron chi connectivity index (χ3n) is 2.65. The van der Waals surface area contributed by atoms with Crippen molar-refractivity contribution in [2.24, 2.45) is 0 Å². The summed E-state index contributed by atoms with van der Waals surface area (Å²) in [6, 6.07) is 3.18. The molecule has 1 rings (SSSR count). The molecule has 0 aliphatic heterocycles. The Morgan fingerprint density at radius 3 is 2.57 bits per heavy atom. The molecule has 0 bridgehead atoms. The van der Waals surface area contributed by atoms with E-state index in [2.05, 4.69) is 27.2 Å². The Morgan fingerprint density at radius 1 is 1.33 bits per heavy atom. The zero-order chi connectivity index (χ0) is 15.5. The number of aliphatic hydroxyl groups is 2. The van der Waals surface area contributed by atoms with Gasteiger partial charge in [0.25, 0.3) is 0 Å². The molecule has 0 saturated carbocycles. The van der Waals surface area contributed by atoms with Gasteiger partial charge in [0.2, 0.25) is 5.91 Å². The van der Waals surface area contributed by atoms with Crippen LogP contribution in [0.2, 0.25) is 0 Å². The average molecular weight is 330 g/mol. The van der Waals surface area contributed by atoms with Gasteiger partial charge in [0, 0.05) is 12.1 Å². The van der Waals surface area contributed by atoms with E-state index in [-0.39, 0.29) is 19.1 Å². The number of aromatic nitrogens is 1. The first kappa shape index (κ1) is 18.1. The number of nitrogens with one attached hydrogen (secondary N) is 1. The summed E-state index contributed by atoms with van der Waals surface area (Å²) in [7, 11) is 0.721. The maximum atomic E-state index is 11.8. The van der Waals surface area contributed by atoms with Gasteiger partial charge in [-0.1, -0.05) is 0 Å². The first-order chi connectivity index (χ1) is 10.2. The minimum absolute atomic E-state index is 0.100. The molecule has 6 nitrogen and oxygen atoms in total. The van der Waals surface area contributed by atoms with Crippen molar-refractivity contribution in [2.45, 2.75) is 38.9 Å². The molecule has 1 aromatic rings. The second-order valence-electron chi connectivity index (χ2n) is 4.32. The number of aliphatic hydroxyl groups excluding tert-OH is 2. The Hall–Kier alpha value is -0.980. The van der Waals surface area contributed by atoms with Crippen LogP contribution in [0.5, 0.6) is 0 Å². The van der Waals surface area contributed by atoms with Gasteiger partial charge in [-0.3, -0.25) is 13.7 Å². The van der Waals surface area contributed by atoms with Gasteiger partial charge in [-0.15, -0.1) is 0 Å². The first-order valence-corrected chi connectivity index (χ1v) is 7.78. The van der Waals surface area contributed by atoms with Crippen LogP contribution in [0.1, 0.15) is 37.1 Å². The summed E-state index contributed by atoms with van der Waals surface area (Å²) in [5, 5.41) is 20.9. The molecule has 0 radical (unpaired) electrons. The van der Waals surface area contributed by atoms with Gasteiger partial charge in [0.05, 0.1) is 33.0 Å². The van der Waals surface area contributed by atoms with Gasteiger partial charge >= 0.3 is 0 Å². The van der Waals surface area contributed by atoms with Crippen LogP contribution < -0.4 is 5.32 Å². The standard InChI is InChI=1S/C13H19N2O4PS/c16-8-11-6-10(7-12(9-17)14-11)15-13(18)4-2-1-3-5-20-19-21/h5-7,16-17,21H,1-4,8-9H2,(H,14,15,18). The van der Waals surface area contributed by atoms with Crippen molar-refractivity contribution in [3.8, 4) is 0 Å². The highest BCUT2D eigenvalue weighted by molar-refractivity contribution is 7.78. The van der Waals surface area contributed by atoms with Crippen LogP contribution in [0.3, 0.4) is 0 Å². The molecule has 0 saturated heterocycles. The number of carbonyl (C=O) groups is 1. The van der Waals surface area contributed by atoms with Crippen molar-refractivity contribution in [2.75, 3.05) is 5.32 Å². The molecule has 0 aliphatic rings. The lowest BCUT2D eigenvalue weighted by Gasteiger charge is -2.08. The van der Waals surface area contributed by atoms with Crippen molar-refractivity contribution in [1.29, 1.82) is 0 Å². The number of nitrogens with zero attached hydrogens (tertiary/aromatic N) is 1. The highest BCUT2D eigenvalue weighted by Gasteiger charge is 2.06. The topological polar surface area (TPSA) is 91.7 Å². The van der Waals surface area contributed by atoms with E-state index in [0.717, 1.165) is 27.7 Å². The van der Waals surface area contributed by atoms with Gasteiger partial charge in [-0.25, -0.2) is 0 Å². The van der Waals surface area contributed by atoms with Crippen molar-refractivity contribution in [1.82, 2.24) is 4.98 Å². The van der Waals surface area contributed by atoms with E-state index in [4.69, 9.17) is 10.2 Å². The number of unbranched alkanes of at least 4 members (excludes halogenated alkanes) is 2. The molecule has 1 heterocycles. The quantitative estimate of drug-likeness (QED) is 0.241. The molecule has 0 aliphatic carbocycles. The fraction of sp³-hybridized carbons (Fsp3) is 0.462. The second-order valence-corrected chi connectivity index (χ2v) is 5.55. The van der Waals surface area contributed by atoms with Crippen molar-refractivity contribution >= 4 is 38.7 Å². The van der Waals surface area contributed by atoms with Crippen LogP contribution in [0.15, 0.2) is 12.1 Å². The Morgan fingerprint density at radius 2 is 2.00 bits per heavy atom.